The van der Waals surface area contributed by atoms with Crippen molar-refractivity contribution in [3.63, 3.8) is 0 Å². The number of benzene rings is 1. The second-order valence-electron chi connectivity index (χ2n) is 5.77. The number of thioether (sulfide) groups is 1. The molecule has 4 nitrogen and oxygen atoms in total. The molecule has 0 aliphatic rings. The van der Waals surface area contributed by atoms with E-state index >= 15 is 0 Å². The molecule has 1 rings (SSSR count). The molecule has 0 spiro atoms. The van der Waals surface area contributed by atoms with Crippen molar-refractivity contribution >= 4 is 29.6 Å². The molecule has 0 heterocycles. The van der Waals surface area contributed by atoms with Crippen molar-refractivity contribution in [2.75, 3.05) is 19.4 Å². The standard InChI is InChI=1S/C17H23F3N2O2S/c1-6-10(2)22(5)16(24)12-7-14(21-4)15(25-11(3)9-23)8-13(12)17(18,19)20/h7-11,21H,6H2,1-5H3/t10-,11?/m1/s1. The van der Waals surface area contributed by atoms with E-state index in [9.17, 15) is 22.8 Å². The fourth-order valence-corrected chi connectivity index (χ4v) is 3.11. The Bertz CT molecular complexity index is 635. The van der Waals surface area contributed by atoms with E-state index in [1.807, 2.05) is 6.92 Å². The number of anilines is 1. The third-order valence-corrected chi connectivity index (χ3v) is 5.08. The summed E-state index contributed by atoms with van der Waals surface area (Å²) in [6.45, 7) is 5.24. The van der Waals surface area contributed by atoms with Gasteiger partial charge in [0, 0.05) is 30.7 Å². The van der Waals surface area contributed by atoms with Crippen molar-refractivity contribution in [1.82, 2.24) is 4.90 Å². The van der Waals surface area contributed by atoms with Crippen LogP contribution in [0.15, 0.2) is 17.0 Å². The smallest absolute Gasteiger partial charge is 0.387 e. The van der Waals surface area contributed by atoms with Gasteiger partial charge in [-0.1, -0.05) is 6.92 Å². The van der Waals surface area contributed by atoms with Crippen LogP contribution in [0.4, 0.5) is 18.9 Å². The molecule has 0 aliphatic carbocycles. The van der Waals surface area contributed by atoms with Crippen LogP contribution in [0.3, 0.4) is 0 Å². The largest absolute Gasteiger partial charge is 0.417 e. The molecular weight excluding hydrogens is 353 g/mol. The third kappa shape index (κ3) is 5.14. The predicted molar refractivity (Wildman–Crippen MR) is 94.2 cm³/mol. The van der Waals surface area contributed by atoms with E-state index in [0.717, 1.165) is 17.8 Å². The molecule has 1 amide bonds. The number of hydrogen-bond acceptors (Lipinski definition) is 4. The zero-order valence-electron chi connectivity index (χ0n) is 14.9. The summed E-state index contributed by atoms with van der Waals surface area (Å²) in [6.07, 6.45) is -3.38. The van der Waals surface area contributed by atoms with Crippen molar-refractivity contribution in [3.05, 3.63) is 23.3 Å². The van der Waals surface area contributed by atoms with Crippen LogP contribution in [0.1, 0.15) is 43.1 Å². The summed E-state index contributed by atoms with van der Waals surface area (Å²) >= 11 is 1.01. The van der Waals surface area contributed by atoms with E-state index in [1.54, 1.807) is 20.9 Å². The highest BCUT2D eigenvalue weighted by Crippen LogP contribution is 2.40. The van der Waals surface area contributed by atoms with Gasteiger partial charge in [0.15, 0.2) is 0 Å². The van der Waals surface area contributed by atoms with Crippen LogP contribution in [0, 0.1) is 0 Å². The lowest BCUT2D eigenvalue weighted by Crippen LogP contribution is -2.35. The number of nitrogens with one attached hydrogen (secondary N) is 1. The van der Waals surface area contributed by atoms with E-state index in [4.69, 9.17) is 0 Å². The van der Waals surface area contributed by atoms with Crippen LogP contribution in [0.5, 0.6) is 0 Å². The Labute approximate surface area is 150 Å². The van der Waals surface area contributed by atoms with Crippen LogP contribution in [-0.2, 0) is 11.0 Å². The van der Waals surface area contributed by atoms with Crippen molar-refractivity contribution in [3.8, 4) is 0 Å². The summed E-state index contributed by atoms with van der Waals surface area (Å²) in [7, 11) is 3.05. The van der Waals surface area contributed by atoms with Crippen LogP contribution in [-0.4, -0.2) is 42.5 Å². The Kier molecular flexibility index (Phi) is 7.34. The summed E-state index contributed by atoms with van der Waals surface area (Å²) < 4.78 is 40.6. The Morgan fingerprint density at radius 1 is 1.36 bits per heavy atom. The summed E-state index contributed by atoms with van der Waals surface area (Å²) in [5.74, 6) is -0.682. The van der Waals surface area contributed by atoms with Gasteiger partial charge in [-0.05, 0) is 32.4 Å². The molecule has 0 radical (unpaired) electrons. The highest BCUT2D eigenvalue weighted by atomic mass is 32.2. The number of rotatable bonds is 7. The number of carbonyl (C=O) groups is 2. The van der Waals surface area contributed by atoms with Crippen molar-refractivity contribution in [2.45, 2.75) is 49.6 Å². The van der Waals surface area contributed by atoms with E-state index in [-0.39, 0.29) is 10.9 Å². The lowest BCUT2D eigenvalue weighted by molar-refractivity contribution is -0.138. The fourth-order valence-electron chi connectivity index (χ4n) is 2.18. The Morgan fingerprint density at radius 2 is 1.96 bits per heavy atom. The lowest BCUT2D eigenvalue weighted by atomic mass is 10.0. The molecular formula is C17H23F3N2O2S. The van der Waals surface area contributed by atoms with Gasteiger partial charge in [0.2, 0.25) is 0 Å². The van der Waals surface area contributed by atoms with Gasteiger partial charge in [-0.15, -0.1) is 11.8 Å². The van der Waals surface area contributed by atoms with Gasteiger partial charge in [-0.25, -0.2) is 0 Å². The molecule has 0 aliphatic heterocycles. The monoisotopic (exact) mass is 376 g/mol. The van der Waals surface area contributed by atoms with Gasteiger partial charge >= 0.3 is 6.18 Å². The number of hydrogen-bond donors (Lipinski definition) is 1. The Balaban J connectivity index is 3.50. The zero-order valence-corrected chi connectivity index (χ0v) is 15.7. The first kappa shape index (κ1) is 21.3. The number of nitrogens with zero attached hydrogens (tertiary/aromatic N) is 1. The second-order valence-corrected chi connectivity index (χ2v) is 7.19. The molecule has 1 unspecified atom stereocenters. The molecule has 0 aromatic heterocycles. The number of amides is 1. The first-order valence-electron chi connectivity index (χ1n) is 7.88. The molecule has 2 atom stereocenters. The normalized spacial score (nSPS) is 13.9. The van der Waals surface area contributed by atoms with E-state index in [2.05, 4.69) is 5.32 Å². The zero-order chi connectivity index (χ0) is 19.4. The molecule has 8 heteroatoms. The molecule has 0 fully saturated rings. The van der Waals surface area contributed by atoms with Crippen LogP contribution >= 0.6 is 11.8 Å². The van der Waals surface area contributed by atoms with Crippen molar-refractivity contribution in [1.29, 1.82) is 0 Å². The van der Waals surface area contributed by atoms with Crippen molar-refractivity contribution in [2.24, 2.45) is 0 Å². The van der Waals surface area contributed by atoms with Crippen molar-refractivity contribution < 1.29 is 22.8 Å². The SMILES string of the molecule is CC[C@@H](C)N(C)C(=O)c1cc(NC)c(SC(C)C=O)cc1C(F)(F)F. The highest BCUT2D eigenvalue weighted by Gasteiger charge is 2.37. The van der Waals surface area contributed by atoms with E-state index < -0.39 is 28.5 Å². The Morgan fingerprint density at radius 3 is 2.40 bits per heavy atom. The lowest BCUT2D eigenvalue weighted by Gasteiger charge is -2.26. The van der Waals surface area contributed by atoms with Crippen LogP contribution in [0.2, 0.25) is 0 Å². The number of carbonyl (C=O) groups excluding carboxylic acids is 2. The van der Waals surface area contributed by atoms with Gasteiger partial charge in [0.1, 0.15) is 6.29 Å². The maximum atomic E-state index is 13.5. The molecule has 1 aromatic rings. The van der Waals surface area contributed by atoms with Gasteiger partial charge in [-0.3, -0.25) is 4.79 Å². The first-order valence-corrected chi connectivity index (χ1v) is 8.76. The number of alkyl halides is 3. The van der Waals surface area contributed by atoms with Gasteiger partial charge in [0.05, 0.1) is 16.4 Å². The minimum absolute atomic E-state index is 0.184. The predicted octanol–water partition coefficient (Wildman–Crippen LogP) is 4.30. The number of halogens is 3. The molecule has 140 valence electrons. The topological polar surface area (TPSA) is 49.4 Å². The maximum Gasteiger partial charge on any atom is 0.417 e. The minimum Gasteiger partial charge on any atom is -0.387 e. The number of aldehydes is 1. The Hall–Kier alpha value is -1.70. The highest BCUT2D eigenvalue weighted by molar-refractivity contribution is 8.00. The quantitative estimate of drug-likeness (QED) is 0.569. The summed E-state index contributed by atoms with van der Waals surface area (Å²) in [5.41, 5.74) is -1.01. The maximum absolute atomic E-state index is 13.5. The summed E-state index contributed by atoms with van der Waals surface area (Å²) in [6, 6.07) is 1.97. The molecule has 1 aromatic carbocycles. The van der Waals surface area contributed by atoms with Gasteiger partial charge < -0.3 is 15.0 Å². The first-order chi connectivity index (χ1) is 11.6. The second kappa shape index (κ2) is 8.60. The molecule has 1 N–H and O–H groups in total. The van der Waals surface area contributed by atoms with Gasteiger partial charge in [-0.2, -0.15) is 13.2 Å². The molecule has 0 saturated carbocycles. The van der Waals surface area contributed by atoms with E-state index in [0.29, 0.717) is 18.4 Å². The average Bonchev–Trinajstić information content (AvgIpc) is 2.58. The molecule has 0 bridgehead atoms. The van der Waals surface area contributed by atoms with Crippen LogP contribution < -0.4 is 5.32 Å². The average molecular weight is 376 g/mol. The van der Waals surface area contributed by atoms with Gasteiger partial charge in [0.25, 0.3) is 5.91 Å². The summed E-state index contributed by atoms with van der Waals surface area (Å²) in [4.78, 5) is 25.0. The summed E-state index contributed by atoms with van der Waals surface area (Å²) in [5, 5.41) is 2.30. The van der Waals surface area contributed by atoms with E-state index in [1.165, 1.54) is 18.0 Å². The minimum atomic E-state index is -4.67. The molecule has 0 saturated heterocycles. The fraction of sp³-hybridized carbons (Fsp3) is 0.529. The third-order valence-electron chi connectivity index (χ3n) is 4.00. The van der Waals surface area contributed by atoms with Crippen LogP contribution in [0.25, 0.3) is 0 Å². The molecule has 25 heavy (non-hydrogen) atoms.